The van der Waals surface area contributed by atoms with E-state index in [0.717, 1.165) is 17.5 Å². The molecule has 0 N–H and O–H groups in total. The lowest BCUT2D eigenvalue weighted by molar-refractivity contribution is -0.384. The molecule has 0 aliphatic rings. The fraction of sp³-hybridized carbons (Fsp3) is 0.0588. The van der Waals surface area contributed by atoms with E-state index in [9.17, 15) is 18.5 Å². The molecule has 144 valence electrons. The van der Waals surface area contributed by atoms with Crippen LogP contribution in [0, 0.1) is 10.1 Å². The van der Waals surface area contributed by atoms with Gasteiger partial charge < -0.3 is 4.42 Å². The predicted molar refractivity (Wildman–Crippen MR) is 105 cm³/mol. The Hall–Kier alpha value is -2.69. The van der Waals surface area contributed by atoms with Crippen LogP contribution in [0.3, 0.4) is 0 Å². The van der Waals surface area contributed by atoms with E-state index in [1.54, 1.807) is 24.3 Å². The number of nitro groups is 1. The summed E-state index contributed by atoms with van der Waals surface area (Å²) >= 11 is 7.10. The fourth-order valence-electron chi connectivity index (χ4n) is 2.13. The predicted octanol–water partition coefficient (Wildman–Crippen LogP) is 4.38. The average Bonchev–Trinajstić information content (AvgIpc) is 3.14. The van der Waals surface area contributed by atoms with Crippen LogP contribution in [-0.4, -0.2) is 29.3 Å². The molecule has 1 heterocycles. The van der Waals surface area contributed by atoms with Crippen molar-refractivity contribution in [2.45, 2.75) is 10.1 Å². The molecule has 0 saturated heterocycles. The Kier molecular flexibility index (Phi) is 6.12. The van der Waals surface area contributed by atoms with Crippen molar-refractivity contribution in [2.75, 3.05) is 5.75 Å². The molecule has 0 amide bonds. The molecule has 3 aromatic rings. The maximum absolute atomic E-state index is 12.2. The van der Waals surface area contributed by atoms with Gasteiger partial charge in [-0.3, -0.25) is 10.1 Å². The van der Waals surface area contributed by atoms with E-state index in [-0.39, 0.29) is 21.6 Å². The minimum absolute atomic E-state index is 0.0274. The van der Waals surface area contributed by atoms with Crippen LogP contribution < -0.4 is 0 Å². The molecule has 1 aromatic heterocycles. The molecule has 0 atom stereocenters. The Balaban J connectivity index is 1.61. The highest BCUT2D eigenvalue weighted by Gasteiger charge is 2.13. The summed E-state index contributed by atoms with van der Waals surface area (Å²) in [6.45, 7) is 0. The van der Waals surface area contributed by atoms with Crippen LogP contribution in [0.1, 0.15) is 0 Å². The number of nitrogens with zero attached hydrogens (tertiary/aromatic N) is 3. The number of halogens is 1. The van der Waals surface area contributed by atoms with Gasteiger partial charge in [0.1, 0.15) is 0 Å². The van der Waals surface area contributed by atoms with Crippen molar-refractivity contribution < 1.29 is 17.8 Å². The van der Waals surface area contributed by atoms with Gasteiger partial charge in [-0.05, 0) is 30.3 Å². The molecular weight excluding hydrogens is 426 g/mol. The molecular formula is C17H12ClN3O5S2. The first-order chi connectivity index (χ1) is 13.3. The van der Waals surface area contributed by atoms with Crippen molar-refractivity contribution in [3.05, 3.63) is 75.2 Å². The maximum Gasteiger partial charge on any atom is 0.277 e. The van der Waals surface area contributed by atoms with Crippen LogP contribution in [0.15, 0.2) is 74.6 Å². The first kappa shape index (κ1) is 20.1. The standard InChI is InChI=1S/C17H12ClN3O5S2/c18-13-4-1-3-12(11-13)16-19-20-17(26-16)27-9-2-10-28(24,25)15-7-5-14(6-8-15)21(22)23/h1-8,10-11H,9H2. The number of hydrogen-bond donors (Lipinski definition) is 0. The number of non-ortho nitro benzene ring substituents is 1. The number of nitro benzene ring substituents is 1. The zero-order valence-corrected chi connectivity index (χ0v) is 16.4. The molecule has 2 aromatic carbocycles. The van der Waals surface area contributed by atoms with Crippen LogP contribution in [0.25, 0.3) is 11.5 Å². The van der Waals surface area contributed by atoms with Gasteiger partial charge in [0.2, 0.25) is 5.89 Å². The summed E-state index contributed by atoms with van der Waals surface area (Å²) in [6.07, 6.45) is 1.44. The molecule has 0 fully saturated rings. The first-order valence-electron chi connectivity index (χ1n) is 7.73. The Labute approximate surface area is 169 Å². The Morgan fingerprint density at radius 3 is 2.61 bits per heavy atom. The highest BCUT2D eigenvalue weighted by atomic mass is 35.5. The van der Waals surface area contributed by atoms with E-state index in [1.165, 1.54) is 30.0 Å². The van der Waals surface area contributed by atoms with E-state index in [1.807, 2.05) is 0 Å². The van der Waals surface area contributed by atoms with Gasteiger partial charge >= 0.3 is 0 Å². The van der Waals surface area contributed by atoms with Crippen molar-refractivity contribution in [3.8, 4) is 11.5 Å². The lowest BCUT2D eigenvalue weighted by Crippen LogP contribution is -1.97. The topological polar surface area (TPSA) is 116 Å². The van der Waals surface area contributed by atoms with Gasteiger partial charge in [0.25, 0.3) is 10.9 Å². The molecule has 28 heavy (non-hydrogen) atoms. The van der Waals surface area contributed by atoms with Crippen molar-refractivity contribution in [1.82, 2.24) is 10.2 Å². The average molecular weight is 438 g/mol. The molecule has 0 spiro atoms. The normalized spacial score (nSPS) is 11.8. The minimum atomic E-state index is -3.70. The lowest BCUT2D eigenvalue weighted by Gasteiger charge is -1.98. The lowest BCUT2D eigenvalue weighted by atomic mass is 10.2. The molecule has 0 unspecified atom stereocenters. The van der Waals surface area contributed by atoms with Crippen molar-refractivity contribution >= 4 is 38.9 Å². The van der Waals surface area contributed by atoms with Gasteiger partial charge in [-0.15, -0.1) is 10.2 Å². The SMILES string of the molecule is O=[N+]([O-])c1ccc(S(=O)(=O)C=CCSc2nnc(-c3cccc(Cl)c3)o2)cc1. The van der Waals surface area contributed by atoms with Crippen molar-refractivity contribution in [2.24, 2.45) is 0 Å². The summed E-state index contributed by atoms with van der Waals surface area (Å²) < 4.78 is 29.9. The quantitative estimate of drug-likeness (QED) is 0.303. The zero-order valence-electron chi connectivity index (χ0n) is 14.1. The number of sulfone groups is 1. The van der Waals surface area contributed by atoms with Gasteiger partial charge in [-0.2, -0.15) is 0 Å². The summed E-state index contributed by atoms with van der Waals surface area (Å²) in [6, 6.07) is 11.6. The highest BCUT2D eigenvalue weighted by Crippen LogP contribution is 2.25. The monoisotopic (exact) mass is 437 g/mol. The molecule has 8 nitrogen and oxygen atoms in total. The number of hydrogen-bond acceptors (Lipinski definition) is 8. The van der Waals surface area contributed by atoms with Crippen LogP contribution in [0.2, 0.25) is 5.02 Å². The number of rotatable bonds is 7. The Morgan fingerprint density at radius 1 is 1.18 bits per heavy atom. The van der Waals surface area contributed by atoms with Gasteiger partial charge in [0.05, 0.1) is 9.82 Å². The van der Waals surface area contributed by atoms with Crippen LogP contribution in [0.4, 0.5) is 5.69 Å². The summed E-state index contributed by atoms with van der Waals surface area (Å²) in [7, 11) is -3.70. The summed E-state index contributed by atoms with van der Waals surface area (Å²) in [4.78, 5) is 10.0. The van der Waals surface area contributed by atoms with E-state index >= 15 is 0 Å². The Morgan fingerprint density at radius 2 is 1.93 bits per heavy atom. The summed E-state index contributed by atoms with van der Waals surface area (Å²) in [5.74, 6) is 0.594. The molecule has 0 bridgehead atoms. The smallest absolute Gasteiger partial charge is 0.277 e. The molecule has 0 aliphatic heterocycles. The van der Waals surface area contributed by atoms with Crippen LogP contribution >= 0.6 is 23.4 Å². The molecule has 3 rings (SSSR count). The summed E-state index contributed by atoms with van der Waals surface area (Å²) in [5, 5.41) is 20.3. The molecule has 0 saturated carbocycles. The molecule has 0 aliphatic carbocycles. The number of aromatic nitrogens is 2. The second kappa shape index (κ2) is 8.55. The second-order valence-electron chi connectivity index (χ2n) is 5.36. The van der Waals surface area contributed by atoms with E-state index in [2.05, 4.69) is 10.2 Å². The second-order valence-corrected chi connectivity index (χ2v) is 8.60. The van der Waals surface area contributed by atoms with Crippen LogP contribution in [-0.2, 0) is 9.84 Å². The summed E-state index contributed by atoms with van der Waals surface area (Å²) in [5.41, 5.74) is 0.508. The van der Waals surface area contributed by atoms with Crippen molar-refractivity contribution in [1.29, 1.82) is 0 Å². The minimum Gasteiger partial charge on any atom is -0.411 e. The largest absolute Gasteiger partial charge is 0.411 e. The zero-order chi connectivity index (χ0) is 20.1. The van der Waals surface area contributed by atoms with Crippen LogP contribution in [0.5, 0.6) is 0 Å². The number of benzene rings is 2. The maximum atomic E-state index is 12.2. The third-order valence-electron chi connectivity index (χ3n) is 3.43. The molecule has 0 radical (unpaired) electrons. The third-order valence-corrected chi connectivity index (χ3v) is 5.92. The third kappa shape index (κ3) is 4.97. The Bertz CT molecular complexity index is 1130. The molecule has 11 heteroatoms. The van der Waals surface area contributed by atoms with E-state index < -0.39 is 14.8 Å². The number of thioether (sulfide) groups is 1. The fourth-order valence-corrected chi connectivity index (χ4v) is 4.03. The van der Waals surface area contributed by atoms with Gasteiger partial charge in [0, 0.05) is 33.9 Å². The van der Waals surface area contributed by atoms with Crippen molar-refractivity contribution in [3.63, 3.8) is 0 Å². The first-order valence-corrected chi connectivity index (χ1v) is 10.6. The van der Waals surface area contributed by atoms with Gasteiger partial charge in [-0.25, -0.2) is 8.42 Å². The van der Waals surface area contributed by atoms with Gasteiger partial charge in [-0.1, -0.05) is 35.5 Å². The van der Waals surface area contributed by atoms with E-state index in [0.29, 0.717) is 16.5 Å². The van der Waals surface area contributed by atoms with Gasteiger partial charge in [0.15, 0.2) is 9.84 Å². The van der Waals surface area contributed by atoms with E-state index in [4.69, 9.17) is 16.0 Å². The highest BCUT2D eigenvalue weighted by molar-refractivity contribution is 7.99.